The molecule has 0 aliphatic carbocycles. The monoisotopic (exact) mass is 385 g/mol. The summed E-state index contributed by atoms with van der Waals surface area (Å²) < 4.78 is 31.4. The van der Waals surface area contributed by atoms with Gasteiger partial charge in [0.1, 0.15) is 5.75 Å². The minimum Gasteiger partial charge on any atom is -0.494 e. The summed E-state index contributed by atoms with van der Waals surface area (Å²) in [7, 11) is -3.25. The third-order valence-electron chi connectivity index (χ3n) is 4.06. The normalized spacial score (nSPS) is 12.2. The van der Waals surface area contributed by atoms with Gasteiger partial charge in [0.15, 0.2) is 0 Å². The summed E-state index contributed by atoms with van der Waals surface area (Å²) in [5, 5.41) is 3.32. The van der Waals surface area contributed by atoms with Crippen molar-refractivity contribution in [2.24, 2.45) is 0 Å². The Balaban J connectivity index is 2.24. The van der Waals surface area contributed by atoms with E-state index in [-0.39, 0.29) is 0 Å². The predicted molar refractivity (Wildman–Crippen MR) is 110 cm³/mol. The van der Waals surface area contributed by atoms with E-state index in [1.807, 2.05) is 18.2 Å². The Bertz CT molecular complexity index is 640. The number of sulfonamides is 1. The third-order valence-corrected chi connectivity index (χ3v) is 6.25. The van der Waals surface area contributed by atoms with Crippen LogP contribution in [0, 0.1) is 0 Å². The minimum atomic E-state index is -3.25. The maximum Gasteiger partial charge on any atom is 0.216 e. The van der Waals surface area contributed by atoms with Gasteiger partial charge in [-0.1, -0.05) is 19.8 Å². The molecule has 4 N–H and O–H groups in total. The molecule has 1 rings (SSSR count). The van der Waals surface area contributed by atoms with Crippen LogP contribution in [0.3, 0.4) is 0 Å². The molecule has 6 nitrogen and oxygen atoms in total. The number of hydrogen-bond donors (Lipinski definition) is 3. The van der Waals surface area contributed by atoms with E-state index >= 15 is 0 Å². The number of hydrogen-bond acceptors (Lipinski definition) is 5. The van der Waals surface area contributed by atoms with Crippen molar-refractivity contribution >= 4 is 21.4 Å². The van der Waals surface area contributed by atoms with Crippen LogP contribution in [-0.2, 0) is 10.0 Å². The molecule has 0 spiro atoms. The topological polar surface area (TPSA) is 93.5 Å². The molecule has 0 fully saturated rings. The van der Waals surface area contributed by atoms with Gasteiger partial charge in [0.25, 0.3) is 0 Å². The van der Waals surface area contributed by atoms with Gasteiger partial charge in [-0.25, -0.2) is 13.1 Å². The number of nitrogen functional groups attached to an aromatic ring is 1. The van der Waals surface area contributed by atoms with E-state index < -0.39 is 14.8 Å². The molecule has 0 saturated carbocycles. The molecule has 150 valence electrons. The van der Waals surface area contributed by atoms with Crippen molar-refractivity contribution < 1.29 is 13.2 Å². The minimum absolute atomic E-state index is 0.478. The van der Waals surface area contributed by atoms with Crippen molar-refractivity contribution in [2.45, 2.75) is 64.5 Å². The quantitative estimate of drug-likeness (QED) is 0.376. The van der Waals surface area contributed by atoms with Crippen molar-refractivity contribution in [1.82, 2.24) is 4.72 Å². The zero-order valence-corrected chi connectivity index (χ0v) is 17.4. The van der Waals surface area contributed by atoms with Gasteiger partial charge in [-0.05, 0) is 52.2 Å². The first-order valence-electron chi connectivity index (χ1n) is 9.43. The van der Waals surface area contributed by atoms with Crippen LogP contribution in [0.25, 0.3) is 0 Å². The highest BCUT2D eigenvalue weighted by Gasteiger charge is 2.27. The number of benzene rings is 1. The van der Waals surface area contributed by atoms with E-state index in [1.165, 1.54) is 0 Å². The molecule has 0 aliphatic heterocycles. The van der Waals surface area contributed by atoms with E-state index in [0.717, 1.165) is 50.1 Å². The predicted octanol–water partition coefficient (Wildman–Crippen LogP) is 3.75. The van der Waals surface area contributed by atoms with E-state index in [2.05, 4.69) is 17.0 Å². The van der Waals surface area contributed by atoms with Gasteiger partial charge in [0, 0.05) is 19.2 Å². The zero-order chi connectivity index (χ0) is 19.6. The molecular formula is C19H35N3O3S. The molecule has 0 unspecified atom stereocenters. The lowest BCUT2D eigenvalue weighted by molar-refractivity contribution is 0.309. The van der Waals surface area contributed by atoms with Crippen LogP contribution < -0.4 is 20.5 Å². The maximum atomic E-state index is 11.9. The molecule has 0 atom stereocenters. The second-order valence-electron chi connectivity index (χ2n) is 7.45. The fourth-order valence-electron chi connectivity index (χ4n) is 2.20. The summed E-state index contributed by atoms with van der Waals surface area (Å²) in [4.78, 5) is 0. The fourth-order valence-corrected chi connectivity index (χ4v) is 3.04. The first-order chi connectivity index (χ1) is 12.2. The van der Waals surface area contributed by atoms with E-state index in [9.17, 15) is 8.42 Å². The summed E-state index contributed by atoms with van der Waals surface area (Å²) in [6.07, 6.45) is 4.85. The number of nitrogens with two attached hydrogens (primary N) is 1. The highest BCUT2D eigenvalue weighted by molar-refractivity contribution is 7.90. The van der Waals surface area contributed by atoms with Crippen LogP contribution in [0.15, 0.2) is 18.2 Å². The number of anilines is 2. The molecule has 0 heterocycles. The summed E-state index contributed by atoms with van der Waals surface area (Å²) >= 11 is 0. The molecule has 26 heavy (non-hydrogen) atoms. The van der Waals surface area contributed by atoms with Crippen molar-refractivity contribution in [3.8, 4) is 5.75 Å². The fraction of sp³-hybridized carbons (Fsp3) is 0.684. The van der Waals surface area contributed by atoms with Crippen LogP contribution >= 0.6 is 0 Å². The molecule has 0 radical (unpaired) electrons. The lowest BCUT2D eigenvalue weighted by Gasteiger charge is -2.19. The smallest absolute Gasteiger partial charge is 0.216 e. The Labute approximate surface area is 158 Å². The van der Waals surface area contributed by atoms with Gasteiger partial charge in [-0.3, -0.25) is 0 Å². The SMILES string of the molecule is CCCCOc1ccc(NCCCCCNS(=O)(=O)C(C)(C)C)c(N)c1. The van der Waals surface area contributed by atoms with Crippen molar-refractivity contribution in [1.29, 1.82) is 0 Å². The van der Waals surface area contributed by atoms with Crippen molar-refractivity contribution in [2.75, 3.05) is 30.7 Å². The van der Waals surface area contributed by atoms with Crippen LogP contribution in [-0.4, -0.2) is 32.9 Å². The average molecular weight is 386 g/mol. The van der Waals surface area contributed by atoms with Crippen LogP contribution in [0.2, 0.25) is 0 Å². The Morgan fingerprint density at radius 1 is 1.08 bits per heavy atom. The molecule has 1 aromatic carbocycles. The van der Waals surface area contributed by atoms with Gasteiger partial charge in [0.2, 0.25) is 10.0 Å². The first-order valence-corrected chi connectivity index (χ1v) is 10.9. The Kier molecular flexibility index (Phi) is 9.22. The number of rotatable bonds is 12. The van der Waals surface area contributed by atoms with Crippen LogP contribution in [0.4, 0.5) is 11.4 Å². The average Bonchev–Trinajstić information content (AvgIpc) is 2.54. The largest absolute Gasteiger partial charge is 0.494 e. The number of ether oxygens (including phenoxy) is 1. The Morgan fingerprint density at radius 2 is 1.77 bits per heavy atom. The number of unbranched alkanes of at least 4 members (excludes halogenated alkanes) is 3. The number of nitrogens with one attached hydrogen (secondary N) is 2. The zero-order valence-electron chi connectivity index (χ0n) is 16.6. The first kappa shape index (κ1) is 22.6. The Hall–Kier alpha value is -1.47. The van der Waals surface area contributed by atoms with Crippen LogP contribution in [0.5, 0.6) is 5.75 Å². The van der Waals surface area contributed by atoms with Gasteiger partial charge in [-0.15, -0.1) is 0 Å². The Morgan fingerprint density at radius 3 is 2.38 bits per heavy atom. The third kappa shape index (κ3) is 7.83. The molecule has 0 aliphatic rings. The van der Waals surface area contributed by atoms with E-state index in [1.54, 1.807) is 20.8 Å². The molecule has 7 heteroatoms. The molecule has 0 saturated heterocycles. The summed E-state index contributed by atoms with van der Waals surface area (Å²) in [6, 6.07) is 5.71. The van der Waals surface area contributed by atoms with E-state index in [4.69, 9.17) is 10.5 Å². The maximum absolute atomic E-state index is 11.9. The highest BCUT2D eigenvalue weighted by atomic mass is 32.2. The molecule has 0 bridgehead atoms. The van der Waals surface area contributed by atoms with Crippen molar-refractivity contribution in [3.63, 3.8) is 0 Å². The van der Waals surface area contributed by atoms with Gasteiger partial charge in [-0.2, -0.15) is 0 Å². The molecule has 1 aromatic rings. The van der Waals surface area contributed by atoms with Gasteiger partial charge < -0.3 is 15.8 Å². The van der Waals surface area contributed by atoms with Crippen molar-refractivity contribution in [3.05, 3.63) is 18.2 Å². The van der Waals surface area contributed by atoms with Gasteiger partial charge in [0.05, 0.1) is 22.7 Å². The van der Waals surface area contributed by atoms with Gasteiger partial charge >= 0.3 is 0 Å². The van der Waals surface area contributed by atoms with E-state index in [0.29, 0.717) is 18.8 Å². The molecular weight excluding hydrogens is 350 g/mol. The second kappa shape index (κ2) is 10.6. The lowest BCUT2D eigenvalue weighted by atomic mass is 10.2. The van der Waals surface area contributed by atoms with Crippen LogP contribution in [0.1, 0.15) is 59.8 Å². The summed E-state index contributed by atoms with van der Waals surface area (Å²) in [5.41, 5.74) is 7.64. The standard InChI is InChI=1S/C19H35N3O3S/c1-5-6-14-25-16-10-11-18(17(20)15-16)21-12-8-7-9-13-22-26(23,24)19(2,3)4/h10-11,15,21-22H,5-9,12-14,20H2,1-4H3. The summed E-state index contributed by atoms with van der Waals surface area (Å²) in [5.74, 6) is 0.799. The lowest BCUT2D eigenvalue weighted by Crippen LogP contribution is -2.39. The molecule has 0 amide bonds. The molecule has 0 aromatic heterocycles. The second-order valence-corrected chi connectivity index (χ2v) is 9.97. The summed E-state index contributed by atoms with van der Waals surface area (Å²) in [6.45, 7) is 9.21. The highest BCUT2D eigenvalue weighted by Crippen LogP contribution is 2.24.